The Morgan fingerprint density at radius 1 is 1.16 bits per heavy atom. The van der Waals surface area contributed by atoms with Gasteiger partial charge in [0.1, 0.15) is 6.04 Å². The van der Waals surface area contributed by atoms with Crippen LogP contribution in [-0.4, -0.2) is 53.8 Å². The second kappa shape index (κ2) is 10.9. The van der Waals surface area contributed by atoms with Gasteiger partial charge in [0.15, 0.2) is 0 Å². The number of carbonyl (C=O) groups excluding carboxylic acids is 1. The number of sulfonamides is 1. The highest BCUT2D eigenvalue weighted by atomic mass is 127. The Kier molecular flexibility index (Phi) is 8.31. The summed E-state index contributed by atoms with van der Waals surface area (Å²) in [6.45, 7) is 3.14. The van der Waals surface area contributed by atoms with Crippen molar-refractivity contribution in [3.8, 4) is 11.8 Å². The number of esters is 1. The second-order valence-electron chi connectivity index (χ2n) is 6.80. The minimum Gasteiger partial charge on any atom is -0.468 e. The van der Waals surface area contributed by atoms with Crippen LogP contribution in [-0.2, 0) is 24.3 Å². The molecule has 1 N–H and O–H groups in total. The smallest absolute Gasteiger partial charge is 0.324 e. The molecule has 0 bridgehead atoms. The van der Waals surface area contributed by atoms with E-state index in [2.05, 4.69) is 44.1 Å². The average Bonchev–Trinajstić information content (AvgIpc) is 2.79. The summed E-state index contributed by atoms with van der Waals surface area (Å²) in [5.41, 5.74) is 1.88. The number of hydrogen-bond donors (Lipinski definition) is 1. The van der Waals surface area contributed by atoms with E-state index in [0.29, 0.717) is 13.2 Å². The van der Waals surface area contributed by atoms with Gasteiger partial charge in [-0.25, -0.2) is 8.42 Å². The zero-order valence-corrected chi connectivity index (χ0v) is 20.0. The SMILES string of the molecule is COC(=O)C(CC#Cc1ccc(N2CCOCC2)cc1)NS(=O)(=O)c1ccc(I)cc1. The lowest BCUT2D eigenvalue weighted by Gasteiger charge is -2.28. The zero-order valence-electron chi connectivity index (χ0n) is 17.0. The minimum atomic E-state index is -3.88. The van der Waals surface area contributed by atoms with Gasteiger partial charge < -0.3 is 14.4 Å². The van der Waals surface area contributed by atoms with Gasteiger partial charge in [-0.3, -0.25) is 4.79 Å². The largest absolute Gasteiger partial charge is 0.468 e. The Bertz CT molecular complexity index is 1050. The lowest BCUT2D eigenvalue weighted by atomic mass is 10.1. The Morgan fingerprint density at radius 3 is 2.42 bits per heavy atom. The first-order chi connectivity index (χ1) is 14.9. The summed E-state index contributed by atoms with van der Waals surface area (Å²) in [5, 5.41) is 0. The molecule has 0 aromatic heterocycles. The molecule has 1 fully saturated rings. The van der Waals surface area contributed by atoms with E-state index in [-0.39, 0.29) is 11.3 Å². The van der Waals surface area contributed by atoms with Crippen molar-refractivity contribution >= 4 is 44.3 Å². The second-order valence-corrected chi connectivity index (χ2v) is 9.76. The molecule has 2 aromatic carbocycles. The van der Waals surface area contributed by atoms with E-state index < -0.39 is 22.0 Å². The molecule has 0 radical (unpaired) electrons. The molecule has 7 nitrogen and oxygen atoms in total. The first kappa shape index (κ1) is 23.5. The summed E-state index contributed by atoms with van der Waals surface area (Å²) in [7, 11) is -2.67. The molecule has 0 aliphatic carbocycles. The molecule has 1 atom stereocenters. The molecule has 1 aliphatic rings. The predicted octanol–water partition coefficient (Wildman–Crippen LogP) is 2.39. The van der Waals surface area contributed by atoms with Crippen molar-refractivity contribution in [2.24, 2.45) is 0 Å². The number of benzene rings is 2. The fourth-order valence-electron chi connectivity index (χ4n) is 3.02. The standard InChI is InChI=1S/C22H23IN2O5S/c1-29-22(26)21(24-31(27,28)20-11-7-18(23)8-12-20)4-2-3-17-5-9-19(10-6-17)25-13-15-30-16-14-25/h5-12,21,24H,4,13-16H2,1H3. The fourth-order valence-corrected chi connectivity index (χ4v) is 4.56. The zero-order chi connectivity index (χ0) is 22.3. The highest BCUT2D eigenvalue weighted by Crippen LogP contribution is 2.16. The van der Waals surface area contributed by atoms with E-state index in [1.807, 2.05) is 24.3 Å². The molecule has 1 heterocycles. The van der Waals surface area contributed by atoms with Crippen molar-refractivity contribution in [3.05, 3.63) is 57.7 Å². The van der Waals surface area contributed by atoms with Crippen LogP contribution < -0.4 is 9.62 Å². The maximum atomic E-state index is 12.6. The van der Waals surface area contributed by atoms with E-state index >= 15 is 0 Å². The van der Waals surface area contributed by atoms with Crippen LogP contribution >= 0.6 is 22.6 Å². The van der Waals surface area contributed by atoms with E-state index in [4.69, 9.17) is 9.47 Å². The highest BCUT2D eigenvalue weighted by Gasteiger charge is 2.25. The van der Waals surface area contributed by atoms with Crippen molar-refractivity contribution in [2.75, 3.05) is 38.3 Å². The molecule has 0 amide bonds. The van der Waals surface area contributed by atoms with Crippen molar-refractivity contribution in [1.29, 1.82) is 0 Å². The van der Waals surface area contributed by atoms with Crippen LogP contribution in [0.5, 0.6) is 0 Å². The van der Waals surface area contributed by atoms with Gasteiger partial charge in [-0.15, -0.1) is 0 Å². The molecule has 31 heavy (non-hydrogen) atoms. The van der Waals surface area contributed by atoms with Crippen molar-refractivity contribution < 1.29 is 22.7 Å². The Labute approximate surface area is 196 Å². The maximum absolute atomic E-state index is 12.6. The number of methoxy groups -OCH3 is 1. The molecule has 2 aromatic rings. The normalized spacial score (nSPS) is 15.0. The van der Waals surface area contributed by atoms with E-state index in [9.17, 15) is 13.2 Å². The third-order valence-electron chi connectivity index (χ3n) is 4.69. The third kappa shape index (κ3) is 6.67. The number of ether oxygens (including phenoxy) is 2. The number of rotatable bonds is 6. The summed E-state index contributed by atoms with van der Waals surface area (Å²) in [6.07, 6.45) is -0.0124. The van der Waals surface area contributed by atoms with Crippen LogP contribution in [0.2, 0.25) is 0 Å². The summed E-state index contributed by atoms with van der Waals surface area (Å²) in [5.74, 6) is 5.18. The summed E-state index contributed by atoms with van der Waals surface area (Å²) in [6, 6.07) is 13.0. The van der Waals surface area contributed by atoms with Crippen molar-refractivity contribution in [1.82, 2.24) is 4.72 Å². The van der Waals surface area contributed by atoms with Gasteiger partial charge in [-0.05, 0) is 71.1 Å². The van der Waals surface area contributed by atoms with Crippen molar-refractivity contribution in [2.45, 2.75) is 17.4 Å². The van der Waals surface area contributed by atoms with E-state index in [0.717, 1.165) is 27.9 Å². The van der Waals surface area contributed by atoms with Crippen LogP contribution in [0.3, 0.4) is 0 Å². The van der Waals surface area contributed by atoms with Gasteiger partial charge in [0.05, 0.1) is 25.2 Å². The molecule has 9 heteroatoms. The average molecular weight is 554 g/mol. The summed E-state index contributed by atoms with van der Waals surface area (Å²) in [4.78, 5) is 14.4. The van der Waals surface area contributed by atoms with Crippen LogP contribution in [0.25, 0.3) is 0 Å². The molecular formula is C22H23IN2O5S. The summed E-state index contributed by atoms with van der Waals surface area (Å²) < 4.78 is 38.6. The molecule has 0 spiro atoms. The first-order valence-corrected chi connectivity index (χ1v) is 12.2. The van der Waals surface area contributed by atoms with Gasteiger partial charge in [0.2, 0.25) is 10.0 Å². The highest BCUT2D eigenvalue weighted by molar-refractivity contribution is 14.1. The van der Waals surface area contributed by atoms with E-state index in [1.165, 1.54) is 19.2 Å². The molecule has 1 aliphatic heterocycles. The molecule has 0 saturated carbocycles. The number of nitrogens with one attached hydrogen (secondary N) is 1. The number of carbonyl (C=O) groups is 1. The predicted molar refractivity (Wildman–Crippen MR) is 126 cm³/mol. The van der Waals surface area contributed by atoms with Gasteiger partial charge in [0.25, 0.3) is 0 Å². The molecular weight excluding hydrogens is 531 g/mol. The van der Waals surface area contributed by atoms with Gasteiger partial charge in [-0.1, -0.05) is 11.8 Å². The Balaban J connectivity index is 1.67. The fraction of sp³-hybridized carbons (Fsp3) is 0.318. The number of anilines is 1. The number of morpholine rings is 1. The quantitative estimate of drug-likeness (QED) is 0.336. The first-order valence-electron chi connectivity index (χ1n) is 9.66. The van der Waals surface area contributed by atoms with Crippen LogP contribution in [0.15, 0.2) is 53.4 Å². The Morgan fingerprint density at radius 2 is 1.81 bits per heavy atom. The topological polar surface area (TPSA) is 84.9 Å². The lowest BCUT2D eigenvalue weighted by Crippen LogP contribution is -2.41. The third-order valence-corrected chi connectivity index (χ3v) is 6.90. The van der Waals surface area contributed by atoms with Crippen LogP contribution in [0.4, 0.5) is 5.69 Å². The lowest BCUT2D eigenvalue weighted by molar-refractivity contribution is -0.142. The summed E-state index contributed by atoms with van der Waals surface area (Å²) >= 11 is 2.09. The molecule has 164 valence electrons. The number of nitrogens with zero attached hydrogens (tertiary/aromatic N) is 1. The van der Waals surface area contributed by atoms with Gasteiger partial charge in [-0.2, -0.15) is 4.72 Å². The van der Waals surface area contributed by atoms with Crippen LogP contribution in [0, 0.1) is 15.4 Å². The van der Waals surface area contributed by atoms with E-state index in [1.54, 1.807) is 12.1 Å². The molecule has 1 saturated heterocycles. The molecule has 1 unspecified atom stereocenters. The monoisotopic (exact) mass is 554 g/mol. The maximum Gasteiger partial charge on any atom is 0.324 e. The van der Waals surface area contributed by atoms with Crippen LogP contribution in [0.1, 0.15) is 12.0 Å². The number of hydrogen-bond acceptors (Lipinski definition) is 6. The number of halogens is 1. The van der Waals surface area contributed by atoms with Gasteiger partial charge in [0, 0.05) is 34.3 Å². The van der Waals surface area contributed by atoms with Gasteiger partial charge >= 0.3 is 5.97 Å². The Hall–Kier alpha value is -2.13. The van der Waals surface area contributed by atoms with Crippen molar-refractivity contribution in [3.63, 3.8) is 0 Å². The minimum absolute atomic E-state index is 0.0124. The molecule has 3 rings (SSSR count).